The lowest BCUT2D eigenvalue weighted by Gasteiger charge is -2.11. The van der Waals surface area contributed by atoms with E-state index in [1.807, 2.05) is 6.92 Å². The third-order valence-electron chi connectivity index (χ3n) is 2.64. The molecule has 0 bridgehead atoms. The molecule has 0 aliphatic rings. The van der Waals surface area contributed by atoms with Gasteiger partial charge in [-0.05, 0) is 20.3 Å². The van der Waals surface area contributed by atoms with E-state index in [2.05, 4.69) is 12.0 Å². The van der Waals surface area contributed by atoms with Crippen LogP contribution >= 0.6 is 0 Å². The van der Waals surface area contributed by atoms with Crippen LogP contribution in [0.4, 0.5) is 0 Å². The summed E-state index contributed by atoms with van der Waals surface area (Å²) in [6.07, 6.45) is 2.62. The van der Waals surface area contributed by atoms with Crippen LogP contribution in [0.25, 0.3) is 0 Å². The van der Waals surface area contributed by atoms with Crippen molar-refractivity contribution >= 4 is 5.97 Å². The Morgan fingerprint density at radius 2 is 2.24 bits per heavy atom. The van der Waals surface area contributed by atoms with Gasteiger partial charge >= 0.3 is 5.97 Å². The zero-order chi connectivity index (χ0) is 12.8. The number of hydrogen-bond acceptors (Lipinski definition) is 4. The number of aromatic nitrogens is 2. The molecule has 0 aliphatic carbocycles. The van der Waals surface area contributed by atoms with Crippen LogP contribution in [0.15, 0.2) is 6.20 Å². The molecule has 0 N–H and O–H groups in total. The molecule has 0 fully saturated rings. The van der Waals surface area contributed by atoms with Gasteiger partial charge in [0, 0.05) is 7.05 Å². The van der Waals surface area contributed by atoms with Crippen LogP contribution in [0, 0.1) is 0 Å². The maximum atomic E-state index is 11.7. The third kappa shape index (κ3) is 3.56. The van der Waals surface area contributed by atoms with E-state index in [-0.39, 0.29) is 12.1 Å². The van der Waals surface area contributed by atoms with Crippen LogP contribution in [0.3, 0.4) is 0 Å². The van der Waals surface area contributed by atoms with Gasteiger partial charge in [0.1, 0.15) is 5.56 Å². The van der Waals surface area contributed by atoms with Gasteiger partial charge in [-0.3, -0.25) is 4.68 Å². The normalized spacial score (nSPS) is 12.5. The van der Waals surface area contributed by atoms with Gasteiger partial charge in [-0.2, -0.15) is 5.10 Å². The first kappa shape index (κ1) is 13.7. The van der Waals surface area contributed by atoms with Crippen LogP contribution in [0.2, 0.25) is 0 Å². The van der Waals surface area contributed by atoms with Crippen LogP contribution in [-0.2, 0) is 23.1 Å². The molecule has 0 saturated heterocycles. The lowest BCUT2D eigenvalue weighted by Crippen LogP contribution is -2.13. The van der Waals surface area contributed by atoms with Crippen molar-refractivity contribution in [2.45, 2.75) is 39.9 Å². The highest BCUT2D eigenvalue weighted by Gasteiger charge is 2.17. The maximum Gasteiger partial charge on any atom is 0.341 e. The fraction of sp³-hybridized carbons (Fsp3) is 0.667. The van der Waals surface area contributed by atoms with Crippen molar-refractivity contribution in [3.05, 3.63) is 17.5 Å². The van der Waals surface area contributed by atoms with Gasteiger partial charge in [-0.15, -0.1) is 0 Å². The molecule has 1 aromatic rings. The molecule has 0 unspecified atom stereocenters. The second-order valence-electron chi connectivity index (χ2n) is 3.88. The topological polar surface area (TPSA) is 53.3 Å². The van der Waals surface area contributed by atoms with E-state index in [1.165, 1.54) is 6.20 Å². The number of ether oxygens (including phenoxy) is 2. The van der Waals surface area contributed by atoms with Crippen molar-refractivity contribution in [3.63, 3.8) is 0 Å². The second kappa shape index (κ2) is 6.39. The number of carbonyl (C=O) groups is 1. The summed E-state index contributed by atoms with van der Waals surface area (Å²) in [4.78, 5) is 11.7. The number of nitrogens with zero attached hydrogens (tertiary/aromatic N) is 2. The van der Waals surface area contributed by atoms with Crippen LogP contribution < -0.4 is 0 Å². The van der Waals surface area contributed by atoms with Gasteiger partial charge < -0.3 is 9.47 Å². The quantitative estimate of drug-likeness (QED) is 0.713. The summed E-state index contributed by atoms with van der Waals surface area (Å²) in [6.45, 7) is 6.57. The number of rotatable bonds is 6. The van der Waals surface area contributed by atoms with Gasteiger partial charge in [0.2, 0.25) is 0 Å². The molecular weight excluding hydrogens is 220 g/mol. The Morgan fingerprint density at radius 1 is 1.53 bits per heavy atom. The second-order valence-corrected chi connectivity index (χ2v) is 3.88. The molecule has 0 spiro atoms. The summed E-state index contributed by atoms with van der Waals surface area (Å²) in [7, 11) is 1.79. The molecule has 1 rings (SSSR count). The van der Waals surface area contributed by atoms with Crippen LogP contribution in [0.1, 0.15) is 43.2 Å². The number of hydrogen-bond donors (Lipinski definition) is 0. The molecule has 5 nitrogen and oxygen atoms in total. The number of carbonyl (C=O) groups excluding carboxylic acids is 1. The Labute approximate surface area is 102 Å². The van der Waals surface area contributed by atoms with Crippen molar-refractivity contribution in [2.75, 3.05) is 6.61 Å². The average Bonchev–Trinajstić information content (AvgIpc) is 2.68. The van der Waals surface area contributed by atoms with Crippen molar-refractivity contribution in [3.8, 4) is 0 Å². The molecule has 5 heteroatoms. The zero-order valence-electron chi connectivity index (χ0n) is 10.9. The minimum atomic E-state index is -0.344. The van der Waals surface area contributed by atoms with Crippen molar-refractivity contribution in [2.24, 2.45) is 7.05 Å². The molecule has 0 saturated carbocycles. The predicted molar refractivity (Wildman–Crippen MR) is 63.7 cm³/mol. The fourth-order valence-corrected chi connectivity index (χ4v) is 1.35. The molecule has 96 valence electrons. The van der Waals surface area contributed by atoms with Crippen molar-refractivity contribution in [1.82, 2.24) is 9.78 Å². The zero-order valence-corrected chi connectivity index (χ0v) is 10.9. The van der Waals surface area contributed by atoms with Gasteiger partial charge in [-0.25, -0.2) is 4.79 Å². The van der Waals surface area contributed by atoms with Crippen molar-refractivity contribution < 1.29 is 14.3 Å². The fourth-order valence-electron chi connectivity index (χ4n) is 1.35. The first-order chi connectivity index (χ1) is 8.10. The smallest absolute Gasteiger partial charge is 0.341 e. The Bertz CT molecular complexity index is 374. The molecule has 0 aromatic carbocycles. The van der Waals surface area contributed by atoms with E-state index < -0.39 is 0 Å². The van der Waals surface area contributed by atoms with Crippen LogP contribution in [0.5, 0.6) is 0 Å². The number of aryl methyl sites for hydroxylation is 1. The predicted octanol–water partition coefficient (Wildman–Crippen LogP) is 1.91. The van der Waals surface area contributed by atoms with Gasteiger partial charge in [0.15, 0.2) is 0 Å². The monoisotopic (exact) mass is 240 g/mol. The summed E-state index contributed by atoms with van der Waals surface area (Å²) in [5.41, 5.74) is 1.24. The van der Waals surface area contributed by atoms with E-state index in [9.17, 15) is 4.79 Å². The summed E-state index contributed by atoms with van der Waals surface area (Å²) in [6, 6.07) is 0. The van der Waals surface area contributed by atoms with Gasteiger partial charge in [0.05, 0.1) is 31.2 Å². The average molecular weight is 240 g/mol. The van der Waals surface area contributed by atoms with E-state index in [1.54, 1.807) is 18.7 Å². The van der Waals surface area contributed by atoms with E-state index in [0.29, 0.717) is 18.8 Å². The molecule has 17 heavy (non-hydrogen) atoms. The Balaban J connectivity index is 2.76. The Hall–Kier alpha value is -1.36. The molecule has 0 radical (unpaired) electrons. The van der Waals surface area contributed by atoms with Gasteiger partial charge in [0.25, 0.3) is 0 Å². The largest absolute Gasteiger partial charge is 0.462 e. The highest BCUT2D eigenvalue weighted by molar-refractivity contribution is 5.90. The Kier molecular flexibility index (Phi) is 5.15. The molecule has 0 amide bonds. The first-order valence-electron chi connectivity index (χ1n) is 5.89. The van der Waals surface area contributed by atoms with Gasteiger partial charge in [-0.1, -0.05) is 6.92 Å². The molecule has 1 atom stereocenters. The lowest BCUT2D eigenvalue weighted by molar-refractivity contribution is 0.0424. The highest BCUT2D eigenvalue weighted by Crippen LogP contribution is 2.12. The lowest BCUT2D eigenvalue weighted by atomic mass is 10.2. The maximum absolute atomic E-state index is 11.7. The molecule has 0 aliphatic heterocycles. The van der Waals surface area contributed by atoms with E-state index in [4.69, 9.17) is 9.47 Å². The first-order valence-corrected chi connectivity index (χ1v) is 5.89. The third-order valence-corrected chi connectivity index (χ3v) is 2.64. The standard InChI is InChI=1S/C12H20N2O3/c1-5-9(3)17-8-11-10(7-13-14(11)4)12(15)16-6-2/h7,9H,5-6,8H2,1-4H3/t9-/m0/s1. The summed E-state index contributed by atoms with van der Waals surface area (Å²) < 4.78 is 12.2. The Morgan fingerprint density at radius 3 is 2.82 bits per heavy atom. The highest BCUT2D eigenvalue weighted by atomic mass is 16.5. The van der Waals surface area contributed by atoms with E-state index in [0.717, 1.165) is 12.1 Å². The van der Waals surface area contributed by atoms with Crippen molar-refractivity contribution in [1.29, 1.82) is 0 Å². The molecular formula is C12H20N2O3. The summed E-state index contributed by atoms with van der Waals surface area (Å²) >= 11 is 0. The molecule has 1 heterocycles. The minimum absolute atomic E-state index is 0.167. The summed E-state index contributed by atoms with van der Waals surface area (Å²) in [5, 5.41) is 4.06. The van der Waals surface area contributed by atoms with E-state index >= 15 is 0 Å². The minimum Gasteiger partial charge on any atom is -0.462 e. The summed E-state index contributed by atoms with van der Waals surface area (Å²) in [5.74, 6) is -0.344. The van der Waals surface area contributed by atoms with Crippen LogP contribution in [-0.4, -0.2) is 28.5 Å². The number of esters is 1. The molecule has 1 aromatic heterocycles. The SMILES string of the molecule is CCOC(=O)c1cnn(C)c1CO[C@@H](C)CC.